The SMILES string of the molecule is Cc1ccc(S(=O)(=O)Nc2cc(N=NC(=O)c3ccc(O)cc3)c(O)c3ccccc23)cc1. The van der Waals surface area contributed by atoms with E-state index in [4.69, 9.17) is 0 Å². The van der Waals surface area contributed by atoms with Crippen LogP contribution in [0.1, 0.15) is 15.9 Å². The Balaban J connectivity index is 1.74. The molecule has 3 N–H and O–H groups in total. The number of aromatic hydroxyl groups is 2. The van der Waals surface area contributed by atoms with Gasteiger partial charge >= 0.3 is 0 Å². The van der Waals surface area contributed by atoms with E-state index in [9.17, 15) is 23.4 Å². The monoisotopic (exact) mass is 461 g/mol. The Labute approximate surface area is 189 Å². The minimum absolute atomic E-state index is 0.00108. The summed E-state index contributed by atoms with van der Waals surface area (Å²) in [6, 6.07) is 19.8. The fourth-order valence-electron chi connectivity index (χ4n) is 3.19. The summed E-state index contributed by atoms with van der Waals surface area (Å²) in [5, 5.41) is 28.3. The number of benzene rings is 4. The number of phenols is 2. The molecule has 0 fully saturated rings. The first-order valence-electron chi connectivity index (χ1n) is 9.84. The Kier molecular flexibility index (Phi) is 5.80. The third-order valence-electron chi connectivity index (χ3n) is 4.93. The summed E-state index contributed by atoms with van der Waals surface area (Å²) in [6.07, 6.45) is 0. The van der Waals surface area contributed by atoms with Crippen LogP contribution in [0.15, 0.2) is 94.0 Å². The van der Waals surface area contributed by atoms with Crippen molar-refractivity contribution >= 4 is 38.1 Å². The number of rotatable bonds is 5. The third-order valence-corrected chi connectivity index (χ3v) is 6.32. The highest BCUT2D eigenvalue weighted by Gasteiger charge is 2.18. The van der Waals surface area contributed by atoms with E-state index >= 15 is 0 Å². The lowest BCUT2D eigenvalue weighted by molar-refractivity contribution is 0.0995. The van der Waals surface area contributed by atoms with Gasteiger partial charge in [-0.1, -0.05) is 42.0 Å². The van der Waals surface area contributed by atoms with Crippen LogP contribution in [0.4, 0.5) is 11.4 Å². The molecule has 0 aliphatic carbocycles. The topological polar surface area (TPSA) is 128 Å². The van der Waals surface area contributed by atoms with Gasteiger partial charge in [0.25, 0.3) is 15.9 Å². The maximum atomic E-state index is 12.9. The van der Waals surface area contributed by atoms with Crippen molar-refractivity contribution in [2.45, 2.75) is 11.8 Å². The molecule has 0 spiro atoms. The first-order chi connectivity index (χ1) is 15.7. The molecule has 0 aromatic heterocycles. The molecule has 1 amide bonds. The van der Waals surface area contributed by atoms with E-state index in [-0.39, 0.29) is 33.3 Å². The summed E-state index contributed by atoms with van der Waals surface area (Å²) < 4.78 is 28.4. The molecular formula is C24H19N3O5S. The van der Waals surface area contributed by atoms with Crippen LogP contribution in [0.5, 0.6) is 11.5 Å². The van der Waals surface area contributed by atoms with Gasteiger partial charge in [-0.05, 0) is 49.4 Å². The molecule has 0 radical (unpaired) electrons. The number of azo groups is 1. The van der Waals surface area contributed by atoms with Gasteiger partial charge in [-0.3, -0.25) is 9.52 Å². The number of nitrogens with one attached hydrogen (secondary N) is 1. The number of aryl methyl sites for hydroxylation is 1. The molecule has 8 nitrogen and oxygen atoms in total. The number of carbonyl (C=O) groups excluding carboxylic acids is 1. The largest absolute Gasteiger partial charge is 0.508 e. The van der Waals surface area contributed by atoms with Crippen LogP contribution in [0, 0.1) is 6.92 Å². The predicted octanol–water partition coefficient (Wildman–Crippen LogP) is 5.28. The number of fused-ring (bicyclic) bond motifs is 1. The minimum Gasteiger partial charge on any atom is -0.508 e. The van der Waals surface area contributed by atoms with Gasteiger partial charge in [0, 0.05) is 16.3 Å². The molecule has 0 bridgehead atoms. The highest BCUT2D eigenvalue weighted by Crippen LogP contribution is 2.40. The molecule has 166 valence electrons. The first-order valence-corrected chi connectivity index (χ1v) is 11.3. The Hall–Kier alpha value is -4.24. The Morgan fingerprint density at radius 3 is 2.18 bits per heavy atom. The van der Waals surface area contributed by atoms with E-state index < -0.39 is 15.9 Å². The van der Waals surface area contributed by atoms with Crippen LogP contribution in [0.2, 0.25) is 0 Å². The highest BCUT2D eigenvalue weighted by molar-refractivity contribution is 7.92. The predicted molar refractivity (Wildman–Crippen MR) is 125 cm³/mol. The Morgan fingerprint density at radius 2 is 1.52 bits per heavy atom. The number of amides is 1. The van der Waals surface area contributed by atoms with Crippen molar-refractivity contribution in [3.8, 4) is 11.5 Å². The lowest BCUT2D eigenvalue weighted by Gasteiger charge is -2.13. The number of phenolic OH excluding ortho intramolecular Hbond substituents is 2. The average Bonchev–Trinajstić information content (AvgIpc) is 2.80. The third kappa shape index (κ3) is 4.68. The second kappa shape index (κ2) is 8.71. The lowest BCUT2D eigenvalue weighted by atomic mass is 10.1. The molecule has 0 atom stereocenters. The van der Waals surface area contributed by atoms with Gasteiger partial charge in [0.15, 0.2) is 5.75 Å². The number of carbonyl (C=O) groups is 1. The molecule has 0 aliphatic heterocycles. The van der Waals surface area contributed by atoms with Gasteiger partial charge in [0.1, 0.15) is 11.4 Å². The van der Waals surface area contributed by atoms with Gasteiger partial charge < -0.3 is 10.2 Å². The summed E-state index contributed by atoms with van der Waals surface area (Å²) >= 11 is 0. The summed E-state index contributed by atoms with van der Waals surface area (Å²) in [4.78, 5) is 12.4. The molecular weight excluding hydrogens is 442 g/mol. The molecule has 0 saturated heterocycles. The van der Waals surface area contributed by atoms with Crippen molar-refractivity contribution in [1.82, 2.24) is 0 Å². The zero-order valence-electron chi connectivity index (χ0n) is 17.4. The van der Waals surface area contributed by atoms with Crippen molar-refractivity contribution in [2.24, 2.45) is 10.2 Å². The molecule has 9 heteroatoms. The highest BCUT2D eigenvalue weighted by atomic mass is 32.2. The standard InChI is InChI=1S/C24H19N3O5S/c1-15-6-12-18(13-7-15)33(31,32)27-21-14-22(23(29)20-5-3-2-4-19(20)21)25-26-24(30)16-8-10-17(28)11-9-16/h2-14,27-29H,1H3. The van der Waals surface area contributed by atoms with Gasteiger partial charge in [-0.25, -0.2) is 8.42 Å². The van der Waals surface area contributed by atoms with E-state index in [1.54, 1.807) is 36.4 Å². The number of nitrogens with zero attached hydrogens (tertiary/aromatic N) is 2. The van der Waals surface area contributed by atoms with Crippen LogP contribution >= 0.6 is 0 Å². The van der Waals surface area contributed by atoms with E-state index in [1.165, 1.54) is 42.5 Å². The van der Waals surface area contributed by atoms with Gasteiger partial charge in [0.2, 0.25) is 0 Å². The maximum Gasteiger partial charge on any atom is 0.295 e. The van der Waals surface area contributed by atoms with Crippen molar-refractivity contribution in [3.05, 3.63) is 90.0 Å². The average molecular weight is 461 g/mol. The zero-order valence-corrected chi connectivity index (χ0v) is 18.2. The second-order valence-corrected chi connectivity index (χ2v) is 8.99. The van der Waals surface area contributed by atoms with Crippen molar-refractivity contribution in [2.75, 3.05) is 4.72 Å². The fraction of sp³-hybridized carbons (Fsp3) is 0.0417. The van der Waals surface area contributed by atoms with Gasteiger partial charge in [0.05, 0.1) is 10.6 Å². The Morgan fingerprint density at radius 1 is 0.879 bits per heavy atom. The van der Waals surface area contributed by atoms with E-state index in [0.29, 0.717) is 10.8 Å². The van der Waals surface area contributed by atoms with Crippen LogP contribution in [0.3, 0.4) is 0 Å². The van der Waals surface area contributed by atoms with E-state index in [2.05, 4.69) is 15.0 Å². The van der Waals surface area contributed by atoms with Gasteiger partial charge in [-0.15, -0.1) is 10.2 Å². The lowest BCUT2D eigenvalue weighted by Crippen LogP contribution is -2.13. The van der Waals surface area contributed by atoms with Crippen LogP contribution in [0.25, 0.3) is 10.8 Å². The molecule has 0 aliphatic rings. The maximum absolute atomic E-state index is 12.9. The van der Waals surface area contributed by atoms with Crippen molar-refractivity contribution in [3.63, 3.8) is 0 Å². The fourth-order valence-corrected chi connectivity index (χ4v) is 4.26. The number of sulfonamides is 1. The summed E-state index contributed by atoms with van der Waals surface area (Å²) in [7, 11) is -3.92. The van der Waals surface area contributed by atoms with E-state index in [0.717, 1.165) is 5.56 Å². The minimum atomic E-state index is -3.92. The van der Waals surface area contributed by atoms with Crippen LogP contribution in [-0.4, -0.2) is 24.5 Å². The van der Waals surface area contributed by atoms with Crippen molar-refractivity contribution < 1.29 is 23.4 Å². The van der Waals surface area contributed by atoms with Crippen LogP contribution in [-0.2, 0) is 10.0 Å². The normalized spacial score (nSPS) is 11.7. The summed E-state index contributed by atoms with van der Waals surface area (Å²) in [5.74, 6) is -0.934. The van der Waals surface area contributed by atoms with Crippen LogP contribution < -0.4 is 4.72 Å². The summed E-state index contributed by atoms with van der Waals surface area (Å²) in [5.41, 5.74) is 1.21. The van der Waals surface area contributed by atoms with E-state index in [1.807, 2.05) is 6.92 Å². The first kappa shape index (κ1) is 22.0. The Bertz CT molecular complexity index is 1480. The van der Waals surface area contributed by atoms with Crippen molar-refractivity contribution in [1.29, 1.82) is 0 Å². The smallest absolute Gasteiger partial charge is 0.295 e. The zero-order chi connectivity index (χ0) is 23.6. The molecule has 4 aromatic carbocycles. The molecule has 0 saturated carbocycles. The molecule has 0 unspecified atom stereocenters. The number of anilines is 1. The molecule has 0 heterocycles. The summed E-state index contributed by atoms with van der Waals surface area (Å²) in [6.45, 7) is 1.86. The molecule has 4 aromatic rings. The quantitative estimate of drug-likeness (QED) is 0.275. The van der Waals surface area contributed by atoms with Gasteiger partial charge in [-0.2, -0.15) is 0 Å². The molecule has 33 heavy (non-hydrogen) atoms. The number of hydrogen-bond acceptors (Lipinski definition) is 6. The number of hydrogen-bond donors (Lipinski definition) is 3. The second-order valence-electron chi connectivity index (χ2n) is 7.31. The molecule has 4 rings (SSSR count).